The Morgan fingerprint density at radius 2 is 1.02 bits per heavy atom. The van der Waals surface area contributed by atoms with Crippen molar-refractivity contribution in [1.29, 1.82) is 0 Å². The Labute approximate surface area is 255 Å². The van der Waals surface area contributed by atoms with Gasteiger partial charge in [-0.25, -0.2) is 11.0 Å². The van der Waals surface area contributed by atoms with Crippen LogP contribution in [0.4, 0.5) is 0 Å². The number of hydrogen-bond donors (Lipinski definition) is 3. The molecule has 0 fully saturated rings. The molecule has 230 valence electrons. The zero-order chi connectivity index (χ0) is 30.4. The molecule has 3 rings (SSSR count). The summed E-state index contributed by atoms with van der Waals surface area (Å²) in [5.74, 6) is -1.10. The average Bonchev–Trinajstić information content (AvgIpc) is 3.03. The predicted molar refractivity (Wildman–Crippen MR) is 167 cm³/mol. The smallest absolute Gasteiger partial charge is 0.266 e. The largest absolute Gasteiger partial charge is 0.344 e. The van der Waals surface area contributed by atoms with Gasteiger partial charge >= 0.3 is 0 Å². The first-order chi connectivity index (χ1) is 21.1. The van der Waals surface area contributed by atoms with E-state index in [0.29, 0.717) is 6.42 Å². The van der Waals surface area contributed by atoms with Gasteiger partial charge in [0, 0.05) is 12.8 Å². The average molecular weight is 588 g/mol. The van der Waals surface area contributed by atoms with Crippen molar-refractivity contribution in [3.05, 3.63) is 108 Å². The lowest BCUT2D eigenvalue weighted by Crippen LogP contribution is -2.47. The van der Waals surface area contributed by atoms with Crippen LogP contribution >= 0.6 is 0 Å². The Morgan fingerprint density at radius 3 is 1.60 bits per heavy atom. The van der Waals surface area contributed by atoms with Gasteiger partial charge in [0.15, 0.2) is 0 Å². The molecule has 0 aliphatic heterocycles. The quantitative estimate of drug-likeness (QED) is 0.103. The van der Waals surface area contributed by atoms with Crippen molar-refractivity contribution in [2.75, 3.05) is 0 Å². The fourth-order valence-corrected chi connectivity index (χ4v) is 4.62. The lowest BCUT2D eigenvalue weighted by Gasteiger charge is -2.18. The molecule has 0 aromatic heterocycles. The summed E-state index contributed by atoms with van der Waals surface area (Å²) in [6.07, 6.45) is 9.11. The van der Waals surface area contributed by atoms with Crippen LogP contribution in [0.25, 0.3) is 0 Å². The molecule has 43 heavy (non-hydrogen) atoms. The van der Waals surface area contributed by atoms with E-state index in [1.807, 2.05) is 66.7 Å². The first kappa shape index (κ1) is 33.5. The molecule has 3 aromatic rings. The molecule has 0 aliphatic carbocycles. The van der Waals surface area contributed by atoms with Crippen LogP contribution < -0.4 is 16.3 Å². The highest BCUT2D eigenvalue weighted by molar-refractivity contribution is 5.87. The topological polar surface area (TPSA) is 106 Å². The number of carbonyl (C=O) groups is 3. The number of hydrogen-bond acceptors (Lipinski definition) is 5. The van der Waals surface area contributed by atoms with E-state index in [1.165, 1.54) is 24.8 Å². The lowest BCUT2D eigenvalue weighted by molar-refractivity contribution is -0.140. The van der Waals surface area contributed by atoms with Crippen molar-refractivity contribution in [3.8, 4) is 0 Å². The summed E-state index contributed by atoms with van der Waals surface area (Å²) in [5.41, 5.74) is 8.03. The van der Waals surface area contributed by atoms with E-state index in [2.05, 4.69) is 40.5 Å². The van der Waals surface area contributed by atoms with Crippen molar-refractivity contribution < 1.29 is 24.1 Å². The minimum atomic E-state index is -0.909. The van der Waals surface area contributed by atoms with Crippen LogP contribution in [0, 0.1) is 0 Å². The molecule has 0 saturated carbocycles. The number of nitrogens with one attached hydrogen (secondary N) is 3. The Hall–Kier alpha value is -4.01. The highest BCUT2D eigenvalue weighted by Gasteiger charge is 2.22. The molecule has 0 unspecified atom stereocenters. The molecular formula is C35H45N3O5. The highest BCUT2D eigenvalue weighted by atomic mass is 16.7. The molecule has 0 aliphatic rings. The van der Waals surface area contributed by atoms with Crippen LogP contribution in [0.1, 0.15) is 80.9 Å². The molecule has 3 amide bonds. The monoisotopic (exact) mass is 587 g/mol. The Bertz CT molecular complexity index is 1190. The van der Waals surface area contributed by atoms with Crippen molar-refractivity contribution in [2.45, 2.75) is 89.9 Å². The standard InChI is InChI=1S/C35H45N3O5/c39-33(24-16-5-3-1-2-4-9-17-29-18-10-6-11-19-29)36-32(35(41)38-43-28-31-22-14-8-15-23-31)25-26-34(40)37-42-27-30-20-12-7-13-21-30/h6-8,10-15,18-23,32H,1-5,9,16-17,24-28H2,(H,36,39)(H,37,40)(H,38,41)/t32-/m1/s1. The number of aryl methyl sites for hydroxylation is 1. The highest BCUT2D eigenvalue weighted by Crippen LogP contribution is 2.12. The predicted octanol–water partition coefficient (Wildman–Crippen LogP) is 6.11. The third-order valence-corrected chi connectivity index (χ3v) is 7.05. The summed E-state index contributed by atoms with van der Waals surface area (Å²) in [6, 6.07) is 28.6. The van der Waals surface area contributed by atoms with Gasteiger partial charge in [-0.2, -0.15) is 0 Å². The van der Waals surface area contributed by atoms with Crippen LogP contribution in [0.3, 0.4) is 0 Å². The molecule has 0 saturated heterocycles. The van der Waals surface area contributed by atoms with Crippen LogP contribution in [-0.2, 0) is 43.7 Å². The maximum atomic E-state index is 12.9. The van der Waals surface area contributed by atoms with Crippen molar-refractivity contribution in [1.82, 2.24) is 16.3 Å². The maximum Gasteiger partial charge on any atom is 0.266 e. The van der Waals surface area contributed by atoms with E-state index in [4.69, 9.17) is 9.68 Å². The zero-order valence-corrected chi connectivity index (χ0v) is 25.0. The minimum Gasteiger partial charge on any atom is -0.344 e. The molecule has 3 aromatic carbocycles. The van der Waals surface area contributed by atoms with Gasteiger partial charge in [-0.3, -0.25) is 24.1 Å². The number of amides is 3. The zero-order valence-electron chi connectivity index (χ0n) is 25.0. The first-order valence-corrected chi connectivity index (χ1v) is 15.3. The first-order valence-electron chi connectivity index (χ1n) is 15.3. The van der Waals surface area contributed by atoms with Crippen LogP contribution in [-0.4, -0.2) is 23.8 Å². The Kier molecular flexibility index (Phi) is 16.2. The van der Waals surface area contributed by atoms with Gasteiger partial charge < -0.3 is 5.32 Å². The fourth-order valence-electron chi connectivity index (χ4n) is 4.62. The van der Waals surface area contributed by atoms with Crippen molar-refractivity contribution in [2.24, 2.45) is 0 Å². The molecule has 0 bridgehead atoms. The Balaban J connectivity index is 1.33. The molecular weight excluding hydrogens is 542 g/mol. The third-order valence-electron chi connectivity index (χ3n) is 7.05. The summed E-state index contributed by atoms with van der Waals surface area (Å²) in [4.78, 5) is 48.5. The van der Waals surface area contributed by atoms with E-state index in [1.54, 1.807) is 0 Å². The summed E-state index contributed by atoms with van der Waals surface area (Å²) in [5, 5.41) is 2.79. The van der Waals surface area contributed by atoms with Crippen molar-refractivity contribution in [3.63, 3.8) is 0 Å². The van der Waals surface area contributed by atoms with Crippen LogP contribution in [0.5, 0.6) is 0 Å². The summed E-state index contributed by atoms with van der Waals surface area (Å²) in [6.45, 7) is 0.418. The van der Waals surface area contributed by atoms with Gasteiger partial charge in [-0.1, -0.05) is 123 Å². The molecule has 1 atom stereocenters. The van der Waals surface area contributed by atoms with Crippen LogP contribution in [0.2, 0.25) is 0 Å². The summed E-state index contributed by atoms with van der Waals surface area (Å²) < 4.78 is 0. The minimum absolute atomic E-state index is 0.00386. The van der Waals surface area contributed by atoms with Gasteiger partial charge in [0.05, 0.1) is 13.2 Å². The number of hydroxylamine groups is 2. The SMILES string of the molecule is O=C(CC[C@@H](NC(=O)CCCCCCCCCc1ccccc1)C(=O)NOCc1ccccc1)NOCc1ccccc1. The second-order valence-corrected chi connectivity index (χ2v) is 10.7. The molecule has 0 radical (unpaired) electrons. The van der Waals surface area contributed by atoms with Gasteiger partial charge in [0.1, 0.15) is 6.04 Å². The van der Waals surface area contributed by atoms with E-state index in [0.717, 1.165) is 43.2 Å². The van der Waals surface area contributed by atoms with E-state index in [9.17, 15) is 14.4 Å². The second-order valence-electron chi connectivity index (χ2n) is 10.7. The van der Waals surface area contributed by atoms with Crippen molar-refractivity contribution >= 4 is 17.7 Å². The lowest BCUT2D eigenvalue weighted by atomic mass is 10.0. The fraction of sp³-hybridized carbons (Fsp3) is 0.400. The van der Waals surface area contributed by atoms with E-state index < -0.39 is 11.9 Å². The number of benzene rings is 3. The summed E-state index contributed by atoms with van der Waals surface area (Å²) >= 11 is 0. The molecule has 3 N–H and O–H groups in total. The van der Waals surface area contributed by atoms with Gasteiger partial charge in [0.25, 0.3) is 5.91 Å². The third kappa shape index (κ3) is 15.2. The molecule has 8 heteroatoms. The molecule has 0 spiro atoms. The maximum absolute atomic E-state index is 12.9. The number of unbranched alkanes of at least 4 members (excludes halogenated alkanes) is 6. The normalized spacial score (nSPS) is 11.4. The van der Waals surface area contributed by atoms with Gasteiger partial charge in [-0.05, 0) is 42.4 Å². The Morgan fingerprint density at radius 1 is 0.535 bits per heavy atom. The molecule has 0 heterocycles. The van der Waals surface area contributed by atoms with Crippen LogP contribution in [0.15, 0.2) is 91.0 Å². The molecule has 8 nitrogen and oxygen atoms in total. The second kappa shape index (κ2) is 20.8. The summed E-state index contributed by atoms with van der Waals surface area (Å²) in [7, 11) is 0. The van der Waals surface area contributed by atoms with Gasteiger partial charge in [-0.15, -0.1) is 0 Å². The van der Waals surface area contributed by atoms with E-state index >= 15 is 0 Å². The number of rotatable bonds is 21. The number of carbonyl (C=O) groups excluding carboxylic acids is 3. The van der Waals surface area contributed by atoms with E-state index in [-0.39, 0.29) is 37.9 Å². The van der Waals surface area contributed by atoms with Gasteiger partial charge in [0.2, 0.25) is 11.8 Å².